The average Bonchev–Trinajstić information content (AvgIpc) is 3.24. The monoisotopic (exact) mass is 265 g/mol. The van der Waals surface area contributed by atoms with Crippen LogP contribution in [0.25, 0.3) is 0 Å². The molecule has 1 fully saturated rings. The summed E-state index contributed by atoms with van der Waals surface area (Å²) in [4.78, 5) is 2.21. The summed E-state index contributed by atoms with van der Waals surface area (Å²) >= 11 is 0. The van der Waals surface area contributed by atoms with E-state index in [1.807, 2.05) is 41.5 Å². The molecule has 1 heteroatoms. The van der Waals surface area contributed by atoms with Crippen molar-refractivity contribution in [3.8, 4) is 0 Å². The van der Waals surface area contributed by atoms with Crippen LogP contribution in [0.4, 0.5) is 5.69 Å². The van der Waals surface area contributed by atoms with Gasteiger partial charge < -0.3 is 4.90 Å². The average molecular weight is 265 g/mol. The fourth-order valence-electron chi connectivity index (χ4n) is 1.83. The molecule has 0 atom stereocenters. The first kappa shape index (κ1) is 20.3. The van der Waals surface area contributed by atoms with Crippen LogP contribution in [0, 0.1) is 0 Å². The van der Waals surface area contributed by atoms with Gasteiger partial charge in [0.15, 0.2) is 0 Å². The van der Waals surface area contributed by atoms with Gasteiger partial charge in [-0.3, -0.25) is 0 Å². The van der Waals surface area contributed by atoms with E-state index in [0.29, 0.717) is 5.41 Å². The third kappa shape index (κ3) is 6.13. The van der Waals surface area contributed by atoms with Gasteiger partial charge in [-0.2, -0.15) is 0 Å². The Balaban J connectivity index is 0. The van der Waals surface area contributed by atoms with Crippen molar-refractivity contribution in [3.05, 3.63) is 29.8 Å². The van der Waals surface area contributed by atoms with Crippen molar-refractivity contribution in [1.82, 2.24) is 0 Å². The van der Waals surface area contributed by atoms with Crippen molar-refractivity contribution in [2.45, 2.75) is 66.7 Å². The fraction of sp³-hybridized carbons (Fsp3) is 0.667. The zero-order valence-corrected chi connectivity index (χ0v) is 14.7. The second kappa shape index (κ2) is 10.9. The van der Waals surface area contributed by atoms with Crippen molar-refractivity contribution in [1.29, 1.82) is 0 Å². The van der Waals surface area contributed by atoms with Crippen LogP contribution in [0.15, 0.2) is 24.3 Å². The first-order valence-electron chi connectivity index (χ1n) is 7.90. The second-order valence-electron chi connectivity index (χ2n) is 4.47. The molecule has 1 aliphatic rings. The highest BCUT2D eigenvalue weighted by Crippen LogP contribution is 2.50. The molecule has 0 radical (unpaired) electrons. The summed E-state index contributed by atoms with van der Waals surface area (Å²) in [6, 6.07) is 8.73. The molecule has 0 unspecified atom stereocenters. The summed E-state index contributed by atoms with van der Waals surface area (Å²) in [5.41, 5.74) is 3.36. The lowest BCUT2D eigenvalue weighted by molar-refractivity contribution is 0.783. The number of rotatable bonds is 2. The van der Waals surface area contributed by atoms with Crippen molar-refractivity contribution in [2.24, 2.45) is 0 Å². The largest absolute Gasteiger partial charge is 0.377 e. The van der Waals surface area contributed by atoms with Crippen LogP contribution in [0.3, 0.4) is 0 Å². The van der Waals surface area contributed by atoms with Gasteiger partial charge in [0, 0.05) is 19.8 Å². The molecule has 1 nitrogen and oxygen atoms in total. The molecule has 19 heavy (non-hydrogen) atoms. The molecule has 0 N–H and O–H groups in total. The van der Waals surface area contributed by atoms with Crippen LogP contribution in [-0.4, -0.2) is 14.1 Å². The number of benzene rings is 1. The van der Waals surface area contributed by atoms with Gasteiger partial charge in [0.25, 0.3) is 0 Å². The molecule has 1 aliphatic carbocycles. The standard InChI is InChI=1S/C12H17N.3C2H6/c1-12(8-9-12)10-6-4-5-7-11(10)13(2)3;3*1-2/h4-7H,8-9H2,1-3H3;3*1-2H3. The lowest BCUT2D eigenvalue weighted by Gasteiger charge is -2.20. The zero-order valence-electron chi connectivity index (χ0n) is 14.7. The van der Waals surface area contributed by atoms with Crippen LogP contribution in [0.1, 0.15) is 66.9 Å². The molecule has 1 saturated carbocycles. The molecule has 0 bridgehead atoms. The molecule has 0 saturated heterocycles. The maximum atomic E-state index is 2.36. The van der Waals surface area contributed by atoms with E-state index in [4.69, 9.17) is 0 Å². The van der Waals surface area contributed by atoms with Crippen molar-refractivity contribution >= 4 is 5.69 Å². The molecular weight excluding hydrogens is 230 g/mol. The normalized spacial score (nSPS) is 13.5. The number of hydrogen-bond donors (Lipinski definition) is 0. The number of nitrogens with zero attached hydrogens (tertiary/aromatic N) is 1. The third-order valence-electron chi connectivity index (χ3n) is 3.04. The predicted octanol–water partition coefficient (Wildman–Crippen LogP) is 5.88. The Kier molecular flexibility index (Phi) is 11.7. The van der Waals surface area contributed by atoms with E-state index in [-0.39, 0.29) is 0 Å². The first-order chi connectivity index (χ1) is 9.13. The molecule has 0 spiro atoms. The van der Waals surface area contributed by atoms with Crippen LogP contribution >= 0.6 is 0 Å². The lowest BCUT2D eigenvalue weighted by Crippen LogP contribution is -2.14. The van der Waals surface area contributed by atoms with E-state index in [2.05, 4.69) is 50.2 Å². The van der Waals surface area contributed by atoms with Crippen molar-refractivity contribution < 1.29 is 0 Å². The summed E-state index contributed by atoms with van der Waals surface area (Å²) < 4.78 is 0. The zero-order chi connectivity index (χ0) is 15.5. The van der Waals surface area contributed by atoms with Gasteiger partial charge in [0.2, 0.25) is 0 Å². The molecule has 112 valence electrons. The molecule has 2 rings (SSSR count). The highest BCUT2D eigenvalue weighted by Gasteiger charge is 2.40. The van der Waals surface area contributed by atoms with Gasteiger partial charge in [-0.1, -0.05) is 66.7 Å². The van der Waals surface area contributed by atoms with E-state index >= 15 is 0 Å². The Labute approximate surface area is 122 Å². The van der Waals surface area contributed by atoms with E-state index < -0.39 is 0 Å². The quantitative estimate of drug-likeness (QED) is 0.645. The van der Waals surface area contributed by atoms with Crippen LogP contribution in [0.2, 0.25) is 0 Å². The molecule has 0 aliphatic heterocycles. The molecule has 0 heterocycles. The van der Waals surface area contributed by atoms with Gasteiger partial charge in [-0.05, 0) is 29.9 Å². The number of hydrogen-bond acceptors (Lipinski definition) is 1. The summed E-state index contributed by atoms with van der Waals surface area (Å²) in [5.74, 6) is 0. The van der Waals surface area contributed by atoms with Gasteiger partial charge in [-0.15, -0.1) is 0 Å². The minimum atomic E-state index is 0.473. The van der Waals surface area contributed by atoms with E-state index in [9.17, 15) is 0 Å². The Morgan fingerprint density at radius 3 is 1.63 bits per heavy atom. The predicted molar refractivity (Wildman–Crippen MR) is 91.4 cm³/mol. The SMILES string of the molecule is CC.CC.CC.CN(C)c1ccccc1C1(C)CC1. The Morgan fingerprint density at radius 1 is 0.842 bits per heavy atom. The lowest BCUT2D eigenvalue weighted by atomic mass is 9.96. The van der Waals surface area contributed by atoms with Crippen LogP contribution < -0.4 is 4.90 Å². The number of anilines is 1. The highest BCUT2D eigenvalue weighted by molar-refractivity contribution is 5.57. The van der Waals surface area contributed by atoms with Gasteiger partial charge in [-0.25, -0.2) is 0 Å². The van der Waals surface area contributed by atoms with E-state index in [1.54, 1.807) is 0 Å². The van der Waals surface area contributed by atoms with Gasteiger partial charge in [0.05, 0.1) is 0 Å². The Hall–Kier alpha value is -0.980. The van der Waals surface area contributed by atoms with Crippen LogP contribution in [0.5, 0.6) is 0 Å². The summed E-state index contributed by atoms with van der Waals surface area (Å²) in [6.07, 6.45) is 2.69. The fourth-order valence-corrected chi connectivity index (χ4v) is 1.83. The molecule has 0 aromatic heterocycles. The highest BCUT2D eigenvalue weighted by atomic mass is 15.1. The smallest absolute Gasteiger partial charge is 0.0399 e. The molecule has 0 amide bonds. The van der Waals surface area contributed by atoms with Gasteiger partial charge in [0.1, 0.15) is 0 Å². The minimum absolute atomic E-state index is 0.473. The Bertz CT molecular complexity index is 311. The summed E-state index contributed by atoms with van der Waals surface area (Å²) in [7, 11) is 4.23. The molecule has 1 aromatic carbocycles. The number of para-hydroxylation sites is 1. The Morgan fingerprint density at radius 2 is 1.26 bits per heavy atom. The van der Waals surface area contributed by atoms with Crippen LogP contribution in [-0.2, 0) is 5.41 Å². The first-order valence-corrected chi connectivity index (χ1v) is 7.90. The van der Waals surface area contributed by atoms with Crippen molar-refractivity contribution in [2.75, 3.05) is 19.0 Å². The maximum absolute atomic E-state index is 2.36. The molecule has 1 aromatic rings. The van der Waals surface area contributed by atoms with E-state index in [0.717, 1.165) is 0 Å². The third-order valence-corrected chi connectivity index (χ3v) is 3.04. The maximum Gasteiger partial charge on any atom is 0.0399 e. The molecular formula is C18H35N. The van der Waals surface area contributed by atoms with Gasteiger partial charge >= 0.3 is 0 Å². The van der Waals surface area contributed by atoms with E-state index in [1.165, 1.54) is 24.1 Å². The van der Waals surface area contributed by atoms with Crippen molar-refractivity contribution in [3.63, 3.8) is 0 Å². The summed E-state index contributed by atoms with van der Waals surface area (Å²) in [6.45, 7) is 14.4. The summed E-state index contributed by atoms with van der Waals surface area (Å²) in [5, 5.41) is 0. The topological polar surface area (TPSA) is 3.24 Å². The minimum Gasteiger partial charge on any atom is -0.377 e. The second-order valence-corrected chi connectivity index (χ2v) is 4.47.